The van der Waals surface area contributed by atoms with Gasteiger partial charge in [-0.2, -0.15) is 0 Å². The highest BCUT2D eigenvalue weighted by Gasteiger charge is 2.40. The minimum Gasteiger partial charge on any atom is -0.339 e. The van der Waals surface area contributed by atoms with Crippen LogP contribution in [0.5, 0.6) is 0 Å². The van der Waals surface area contributed by atoms with Crippen molar-refractivity contribution >= 4 is 16.7 Å². The van der Waals surface area contributed by atoms with Crippen LogP contribution >= 0.6 is 0 Å². The molecule has 0 spiro atoms. The monoisotopic (exact) mass is 385 g/mol. The summed E-state index contributed by atoms with van der Waals surface area (Å²) in [7, 11) is 0. The molecule has 1 aromatic heterocycles. The second-order valence-electron chi connectivity index (χ2n) is 8.76. The molecule has 1 N–H and O–H groups in total. The molecule has 0 saturated carbocycles. The van der Waals surface area contributed by atoms with Crippen LogP contribution in [0.4, 0.5) is 5.95 Å². The molecule has 5 nitrogen and oxygen atoms in total. The summed E-state index contributed by atoms with van der Waals surface area (Å²) in [6, 6.07) is 18.4. The first kappa shape index (κ1) is 17.4. The Hall–Kier alpha value is -2.50. The summed E-state index contributed by atoms with van der Waals surface area (Å²) in [5.41, 5.74) is 2.16. The Morgan fingerprint density at radius 1 is 0.931 bits per heavy atom. The van der Waals surface area contributed by atoms with Crippen molar-refractivity contribution in [3.05, 3.63) is 54.7 Å². The van der Waals surface area contributed by atoms with Crippen molar-refractivity contribution in [2.75, 3.05) is 37.6 Å². The van der Waals surface area contributed by atoms with Crippen molar-refractivity contribution in [3.63, 3.8) is 0 Å². The fourth-order valence-electron chi connectivity index (χ4n) is 5.41. The smallest absolute Gasteiger partial charge is 0.225 e. The van der Waals surface area contributed by atoms with E-state index in [0.29, 0.717) is 6.04 Å². The fourth-order valence-corrected chi connectivity index (χ4v) is 5.41. The molecular weight excluding hydrogens is 358 g/mol. The average Bonchev–Trinajstić information content (AvgIpc) is 3.49. The molecule has 0 bridgehead atoms. The molecule has 3 aliphatic rings. The molecule has 3 atom stereocenters. The van der Waals surface area contributed by atoms with Gasteiger partial charge in [0.2, 0.25) is 5.95 Å². The van der Waals surface area contributed by atoms with Crippen LogP contribution in [0.1, 0.15) is 12.8 Å². The minimum absolute atomic E-state index is 0.635. The number of anilines is 1. The third-order valence-electron chi connectivity index (χ3n) is 7.04. The molecule has 4 heterocycles. The largest absolute Gasteiger partial charge is 0.339 e. The second kappa shape index (κ2) is 7.08. The minimum atomic E-state index is 0.635. The normalized spacial score (nSPS) is 27.0. The number of nitrogens with one attached hydrogen (secondary N) is 1. The summed E-state index contributed by atoms with van der Waals surface area (Å²) >= 11 is 0. The van der Waals surface area contributed by atoms with Crippen LogP contribution in [0, 0.1) is 5.92 Å². The highest BCUT2D eigenvalue weighted by molar-refractivity contribution is 5.86. The molecule has 0 aliphatic carbocycles. The van der Waals surface area contributed by atoms with Crippen molar-refractivity contribution in [2.24, 2.45) is 5.92 Å². The standard InChI is InChI=1S/C24H27N5/c1-2-4-18-13-19(6-5-17(18)3-1)22-8-11-26-24(27-22)28-12-9-21(15-28)29-14-20-7-10-25-23(20)16-29/h1-6,8,11,13,20-21,23,25H,7,9-10,12,14-16H2/t20?,21-,23?/m0/s1. The summed E-state index contributed by atoms with van der Waals surface area (Å²) in [6.45, 7) is 5.76. The summed E-state index contributed by atoms with van der Waals surface area (Å²) in [4.78, 5) is 14.6. The molecule has 2 aromatic carbocycles. The Labute approximate surface area is 171 Å². The van der Waals surface area contributed by atoms with Crippen LogP contribution in [0.15, 0.2) is 54.7 Å². The number of rotatable bonds is 3. The Kier molecular flexibility index (Phi) is 4.24. The quantitative estimate of drug-likeness (QED) is 0.750. The molecule has 2 unspecified atom stereocenters. The van der Waals surface area contributed by atoms with Gasteiger partial charge < -0.3 is 10.2 Å². The van der Waals surface area contributed by atoms with Gasteiger partial charge in [0.1, 0.15) is 0 Å². The van der Waals surface area contributed by atoms with Gasteiger partial charge in [-0.15, -0.1) is 0 Å². The lowest BCUT2D eigenvalue weighted by atomic mass is 10.1. The van der Waals surface area contributed by atoms with E-state index in [1.165, 1.54) is 43.2 Å². The molecule has 3 aromatic rings. The molecule has 148 valence electrons. The predicted octanol–water partition coefficient (Wildman–Crippen LogP) is 3.17. The highest BCUT2D eigenvalue weighted by Crippen LogP contribution is 2.30. The van der Waals surface area contributed by atoms with Gasteiger partial charge in [-0.1, -0.05) is 36.4 Å². The molecular formula is C24H27N5. The lowest BCUT2D eigenvalue weighted by molar-refractivity contribution is 0.243. The van der Waals surface area contributed by atoms with E-state index in [1.807, 2.05) is 12.3 Å². The molecule has 0 amide bonds. The first-order valence-corrected chi connectivity index (χ1v) is 10.9. The van der Waals surface area contributed by atoms with E-state index >= 15 is 0 Å². The van der Waals surface area contributed by atoms with Crippen molar-refractivity contribution in [1.82, 2.24) is 20.2 Å². The predicted molar refractivity (Wildman–Crippen MR) is 117 cm³/mol. The van der Waals surface area contributed by atoms with E-state index in [4.69, 9.17) is 4.98 Å². The third kappa shape index (κ3) is 3.18. The Balaban J connectivity index is 1.20. The molecule has 3 aliphatic heterocycles. The fraction of sp³-hybridized carbons (Fsp3) is 0.417. The zero-order valence-corrected chi connectivity index (χ0v) is 16.7. The Morgan fingerprint density at radius 3 is 2.79 bits per heavy atom. The molecule has 3 saturated heterocycles. The van der Waals surface area contributed by atoms with Gasteiger partial charge >= 0.3 is 0 Å². The van der Waals surface area contributed by atoms with Crippen molar-refractivity contribution in [3.8, 4) is 11.3 Å². The maximum absolute atomic E-state index is 4.93. The third-order valence-corrected chi connectivity index (χ3v) is 7.04. The van der Waals surface area contributed by atoms with Gasteiger partial charge in [-0.25, -0.2) is 9.97 Å². The number of aromatic nitrogens is 2. The molecule has 6 rings (SSSR count). The average molecular weight is 386 g/mol. The van der Waals surface area contributed by atoms with Gasteiger partial charge in [0.15, 0.2) is 0 Å². The van der Waals surface area contributed by atoms with Crippen molar-refractivity contribution < 1.29 is 0 Å². The van der Waals surface area contributed by atoms with E-state index in [-0.39, 0.29) is 0 Å². The lowest BCUT2D eigenvalue weighted by Gasteiger charge is -2.25. The van der Waals surface area contributed by atoms with E-state index < -0.39 is 0 Å². The van der Waals surface area contributed by atoms with Gasteiger partial charge in [-0.05, 0) is 48.2 Å². The highest BCUT2D eigenvalue weighted by atomic mass is 15.3. The number of likely N-dealkylation sites (tertiary alicyclic amines) is 1. The summed E-state index contributed by atoms with van der Waals surface area (Å²) in [6.07, 6.45) is 4.46. The second-order valence-corrected chi connectivity index (χ2v) is 8.76. The number of fused-ring (bicyclic) bond motifs is 2. The van der Waals surface area contributed by atoms with Crippen molar-refractivity contribution in [1.29, 1.82) is 0 Å². The van der Waals surface area contributed by atoms with Crippen LogP contribution in [0.3, 0.4) is 0 Å². The van der Waals surface area contributed by atoms with E-state index in [2.05, 4.69) is 62.6 Å². The van der Waals surface area contributed by atoms with Crippen LogP contribution in [-0.2, 0) is 0 Å². The van der Waals surface area contributed by atoms with Gasteiger partial charge in [-0.3, -0.25) is 4.90 Å². The van der Waals surface area contributed by atoms with Crippen LogP contribution in [0.25, 0.3) is 22.0 Å². The summed E-state index contributed by atoms with van der Waals surface area (Å²) in [5.74, 6) is 1.73. The zero-order chi connectivity index (χ0) is 19.2. The summed E-state index contributed by atoms with van der Waals surface area (Å²) in [5, 5.41) is 6.18. The van der Waals surface area contributed by atoms with E-state index in [1.54, 1.807) is 0 Å². The number of nitrogens with zero attached hydrogens (tertiary/aromatic N) is 4. The van der Waals surface area contributed by atoms with Crippen LogP contribution in [0.2, 0.25) is 0 Å². The van der Waals surface area contributed by atoms with Crippen molar-refractivity contribution in [2.45, 2.75) is 24.9 Å². The molecule has 3 fully saturated rings. The number of hydrogen-bond acceptors (Lipinski definition) is 5. The molecule has 29 heavy (non-hydrogen) atoms. The number of hydrogen-bond donors (Lipinski definition) is 1. The number of benzene rings is 2. The van der Waals surface area contributed by atoms with Gasteiger partial charge in [0, 0.05) is 50.0 Å². The first-order chi connectivity index (χ1) is 14.3. The Morgan fingerprint density at radius 2 is 1.86 bits per heavy atom. The lowest BCUT2D eigenvalue weighted by Crippen LogP contribution is -2.39. The maximum atomic E-state index is 4.93. The van der Waals surface area contributed by atoms with Crippen LogP contribution in [-0.4, -0.2) is 59.7 Å². The summed E-state index contributed by atoms with van der Waals surface area (Å²) < 4.78 is 0. The molecule has 0 radical (unpaired) electrons. The van der Waals surface area contributed by atoms with Gasteiger partial charge in [0.25, 0.3) is 0 Å². The Bertz CT molecular complexity index is 1020. The van der Waals surface area contributed by atoms with Gasteiger partial charge in [0.05, 0.1) is 5.69 Å². The maximum Gasteiger partial charge on any atom is 0.225 e. The first-order valence-electron chi connectivity index (χ1n) is 10.9. The molecule has 5 heteroatoms. The van der Waals surface area contributed by atoms with E-state index in [9.17, 15) is 0 Å². The zero-order valence-electron chi connectivity index (χ0n) is 16.7. The SMILES string of the molecule is c1ccc2cc(-c3ccnc(N4CC[C@H](N5CC6CCNC6C5)C4)n3)ccc2c1. The van der Waals surface area contributed by atoms with Crippen LogP contribution < -0.4 is 10.2 Å². The topological polar surface area (TPSA) is 44.3 Å². The van der Waals surface area contributed by atoms with E-state index in [0.717, 1.165) is 42.3 Å².